The third-order valence-corrected chi connectivity index (χ3v) is 3.70. The number of nitrogens with zero attached hydrogens (tertiary/aromatic N) is 1. The smallest absolute Gasteiger partial charge is 0.223 e. The van der Waals surface area contributed by atoms with Crippen LogP contribution in [-0.4, -0.2) is 17.4 Å². The van der Waals surface area contributed by atoms with E-state index in [1.165, 1.54) is 12.0 Å². The molecule has 3 heteroatoms. The number of nitrogens with two attached hydrogens (primary N) is 1. The van der Waals surface area contributed by atoms with Gasteiger partial charge >= 0.3 is 0 Å². The van der Waals surface area contributed by atoms with Crippen LogP contribution in [0.3, 0.4) is 0 Å². The predicted molar refractivity (Wildman–Crippen MR) is 78.6 cm³/mol. The second-order valence-electron chi connectivity index (χ2n) is 5.87. The largest absolute Gasteiger partial charge is 0.399 e. The summed E-state index contributed by atoms with van der Waals surface area (Å²) in [6, 6.07) is 8.17. The van der Waals surface area contributed by atoms with Crippen LogP contribution >= 0.6 is 0 Å². The molecule has 1 aromatic rings. The molecule has 2 N–H and O–H groups in total. The fourth-order valence-corrected chi connectivity index (χ4v) is 2.81. The summed E-state index contributed by atoms with van der Waals surface area (Å²) in [6.45, 7) is 5.07. The normalized spacial score (nSPS) is 19.7. The first kappa shape index (κ1) is 13.9. The van der Waals surface area contributed by atoms with E-state index in [0.29, 0.717) is 12.3 Å². The molecular weight excluding hydrogens is 236 g/mol. The van der Waals surface area contributed by atoms with Crippen LogP contribution in [-0.2, 0) is 4.79 Å². The highest BCUT2D eigenvalue weighted by atomic mass is 16.2. The highest BCUT2D eigenvalue weighted by Crippen LogP contribution is 2.32. The molecule has 0 aliphatic carbocycles. The average Bonchev–Trinajstić information content (AvgIpc) is 2.38. The zero-order valence-electron chi connectivity index (χ0n) is 11.9. The van der Waals surface area contributed by atoms with Gasteiger partial charge in [0.15, 0.2) is 0 Å². The zero-order valence-corrected chi connectivity index (χ0v) is 11.9. The van der Waals surface area contributed by atoms with Gasteiger partial charge in [-0.25, -0.2) is 0 Å². The molecule has 1 aliphatic heterocycles. The van der Waals surface area contributed by atoms with E-state index in [4.69, 9.17) is 5.73 Å². The Morgan fingerprint density at radius 1 is 1.42 bits per heavy atom. The number of hydrogen-bond donors (Lipinski definition) is 1. The van der Waals surface area contributed by atoms with Crippen molar-refractivity contribution in [2.75, 3.05) is 12.3 Å². The molecule has 1 amide bonds. The Labute approximate surface area is 115 Å². The van der Waals surface area contributed by atoms with Gasteiger partial charge in [0.05, 0.1) is 6.04 Å². The average molecular weight is 260 g/mol. The summed E-state index contributed by atoms with van der Waals surface area (Å²) in [6.07, 6.45) is 3.99. The number of carbonyl (C=O) groups excluding carboxylic acids is 1. The number of hydrogen-bond acceptors (Lipinski definition) is 2. The summed E-state index contributed by atoms with van der Waals surface area (Å²) in [4.78, 5) is 14.4. The second kappa shape index (κ2) is 6.09. The number of benzene rings is 1. The standard InChI is InChI=1S/C16H24N2O/c1-12(2)10-16(19)18-9-4-3-8-15(18)13-6-5-7-14(17)11-13/h5-7,11-12,15H,3-4,8-10,17H2,1-2H3. The topological polar surface area (TPSA) is 46.3 Å². The van der Waals surface area contributed by atoms with Crippen molar-refractivity contribution in [2.45, 2.75) is 45.6 Å². The molecule has 104 valence electrons. The lowest BCUT2D eigenvalue weighted by molar-refractivity contribution is -0.135. The Morgan fingerprint density at radius 2 is 2.21 bits per heavy atom. The minimum Gasteiger partial charge on any atom is -0.399 e. The number of carbonyl (C=O) groups is 1. The van der Waals surface area contributed by atoms with Gasteiger partial charge in [-0.15, -0.1) is 0 Å². The molecule has 0 bridgehead atoms. The highest BCUT2D eigenvalue weighted by molar-refractivity contribution is 5.77. The fourth-order valence-electron chi connectivity index (χ4n) is 2.81. The lowest BCUT2D eigenvalue weighted by Crippen LogP contribution is -2.39. The van der Waals surface area contributed by atoms with Gasteiger partial charge in [-0.2, -0.15) is 0 Å². The maximum absolute atomic E-state index is 12.4. The Balaban J connectivity index is 2.18. The monoisotopic (exact) mass is 260 g/mol. The maximum Gasteiger partial charge on any atom is 0.223 e. The summed E-state index contributed by atoms with van der Waals surface area (Å²) in [5.41, 5.74) is 7.82. The van der Waals surface area contributed by atoms with E-state index in [9.17, 15) is 4.79 Å². The van der Waals surface area contributed by atoms with E-state index in [2.05, 4.69) is 24.8 Å². The molecule has 0 radical (unpaired) electrons. The fraction of sp³-hybridized carbons (Fsp3) is 0.562. The van der Waals surface area contributed by atoms with Crippen molar-refractivity contribution in [1.82, 2.24) is 4.90 Å². The van der Waals surface area contributed by atoms with Gasteiger partial charge in [-0.05, 0) is 42.9 Å². The number of anilines is 1. The van der Waals surface area contributed by atoms with Gasteiger partial charge in [0.25, 0.3) is 0 Å². The number of likely N-dealkylation sites (tertiary alicyclic amines) is 1. The van der Waals surface area contributed by atoms with Crippen molar-refractivity contribution in [3.63, 3.8) is 0 Å². The van der Waals surface area contributed by atoms with Crippen LogP contribution in [0.1, 0.15) is 51.1 Å². The van der Waals surface area contributed by atoms with E-state index in [1.54, 1.807) is 0 Å². The number of nitrogen functional groups attached to an aromatic ring is 1. The summed E-state index contributed by atoms with van der Waals surface area (Å²) < 4.78 is 0. The van der Waals surface area contributed by atoms with E-state index in [1.807, 2.05) is 18.2 Å². The van der Waals surface area contributed by atoms with Crippen LogP contribution < -0.4 is 5.73 Å². The molecule has 2 rings (SSSR count). The van der Waals surface area contributed by atoms with Crippen molar-refractivity contribution in [2.24, 2.45) is 5.92 Å². The van der Waals surface area contributed by atoms with Gasteiger partial charge in [-0.1, -0.05) is 26.0 Å². The predicted octanol–water partition coefficient (Wildman–Crippen LogP) is 3.37. The summed E-state index contributed by atoms with van der Waals surface area (Å²) in [5.74, 6) is 0.693. The van der Waals surface area contributed by atoms with Crippen LogP contribution in [0.15, 0.2) is 24.3 Å². The first-order valence-electron chi connectivity index (χ1n) is 7.23. The molecule has 1 atom stereocenters. The SMILES string of the molecule is CC(C)CC(=O)N1CCCCC1c1cccc(N)c1. The quantitative estimate of drug-likeness (QED) is 0.847. The minimum atomic E-state index is 0.212. The molecule has 1 aromatic carbocycles. The van der Waals surface area contributed by atoms with Crippen molar-refractivity contribution in [3.05, 3.63) is 29.8 Å². The van der Waals surface area contributed by atoms with Crippen LogP contribution in [0.25, 0.3) is 0 Å². The Bertz CT molecular complexity index is 442. The molecule has 0 aromatic heterocycles. The highest BCUT2D eigenvalue weighted by Gasteiger charge is 2.28. The summed E-state index contributed by atoms with van der Waals surface area (Å²) in [7, 11) is 0. The summed E-state index contributed by atoms with van der Waals surface area (Å²) >= 11 is 0. The Kier molecular flexibility index (Phi) is 4.46. The van der Waals surface area contributed by atoms with Crippen molar-refractivity contribution < 1.29 is 4.79 Å². The lowest BCUT2D eigenvalue weighted by Gasteiger charge is -2.36. The van der Waals surface area contributed by atoms with Crippen molar-refractivity contribution >= 4 is 11.6 Å². The molecule has 0 saturated carbocycles. The molecule has 1 aliphatic rings. The van der Waals surface area contributed by atoms with Gasteiger partial charge in [-0.3, -0.25) is 4.79 Å². The van der Waals surface area contributed by atoms with E-state index in [-0.39, 0.29) is 11.9 Å². The molecule has 1 saturated heterocycles. The van der Waals surface area contributed by atoms with E-state index >= 15 is 0 Å². The first-order valence-corrected chi connectivity index (χ1v) is 7.23. The third-order valence-electron chi connectivity index (χ3n) is 3.70. The number of rotatable bonds is 3. The first-order chi connectivity index (χ1) is 9.08. The van der Waals surface area contributed by atoms with Gasteiger partial charge < -0.3 is 10.6 Å². The third kappa shape index (κ3) is 3.49. The second-order valence-corrected chi connectivity index (χ2v) is 5.87. The molecule has 19 heavy (non-hydrogen) atoms. The van der Waals surface area contributed by atoms with Crippen LogP contribution in [0.2, 0.25) is 0 Å². The van der Waals surface area contributed by atoms with E-state index < -0.39 is 0 Å². The Hall–Kier alpha value is -1.51. The lowest BCUT2D eigenvalue weighted by atomic mass is 9.94. The number of amides is 1. The summed E-state index contributed by atoms with van der Waals surface area (Å²) in [5, 5.41) is 0. The molecule has 0 spiro atoms. The molecule has 1 heterocycles. The molecule has 3 nitrogen and oxygen atoms in total. The van der Waals surface area contributed by atoms with Crippen molar-refractivity contribution in [3.8, 4) is 0 Å². The Morgan fingerprint density at radius 3 is 2.89 bits per heavy atom. The van der Waals surface area contributed by atoms with Gasteiger partial charge in [0, 0.05) is 18.7 Å². The van der Waals surface area contributed by atoms with Crippen LogP contribution in [0.4, 0.5) is 5.69 Å². The van der Waals surface area contributed by atoms with Gasteiger partial charge in [0.1, 0.15) is 0 Å². The molecule has 1 unspecified atom stereocenters. The minimum absolute atomic E-state index is 0.212. The maximum atomic E-state index is 12.4. The number of piperidine rings is 1. The van der Waals surface area contributed by atoms with Crippen molar-refractivity contribution in [1.29, 1.82) is 0 Å². The van der Waals surface area contributed by atoms with Crippen LogP contribution in [0, 0.1) is 5.92 Å². The van der Waals surface area contributed by atoms with E-state index in [0.717, 1.165) is 25.1 Å². The van der Waals surface area contributed by atoms with Crippen LogP contribution in [0.5, 0.6) is 0 Å². The van der Waals surface area contributed by atoms with Gasteiger partial charge in [0.2, 0.25) is 5.91 Å². The molecular formula is C16H24N2O. The zero-order chi connectivity index (χ0) is 13.8. The molecule has 1 fully saturated rings.